The maximum atomic E-state index is 12.0. The summed E-state index contributed by atoms with van der Waals surface area (Å²) in [5.74, 6) is 0.841. The number of rotatable bonds is 4. The lowest BCUT2D eigenvalue weighted by atomic mass is 10.0. The number of benzene rings is 1. The number of carbonyl (C=O) groups excluding carboxylic acids is 1. The Labute approximate surface area is 102 Å². The molecule has 1 unspecified atom stereocenters. The quantitative estimate of drug-likeness (QED) is 0.837. The third kappa shape index (κ3) is 2.86. The van der Waals surface area contributed by atoms with E-state index in [0.717, 1.165) is 16.8 Å². The fraction of sp³-hybridized carbons (Fsp3) is 0.500. The summed E-state index contributed by atoms with van der Waals surface area (Å²) in [6.07, 6.45) is 2.38. The molecule has 0 bridgehead atoms. The van der Waals surface area contributed by atoms with Crippen molar-refractivity contribution >= 4 is 11.6 Å². The summed E-state index contributed by atoms with van der Waals surface area (Å²) >= 11 is 0. The van der Waals surface area contributed by atoms with Crippen LogP contribution >= 0.6 is 0 Å². The summed E-state index contributed by atoms with van der Waals surface area (Å²) in [6.45, 7) is 4.51. The van der Waals surface area contributed by atoms with Crippen LogP contribution in [0.5, 0.6) is 0 Å². The van der Waals surface area contributed by atoms with E-state index in [4.69, 9.17) is 5.73 Å². The Morgan fingerprint density at radius 2 is 2.24 bits per heavy atom. The van der Waals surface area contributed by atoms with Gasteiger partial charge in [-0.2, -0.15) is 0 Å². The fourth-order valence-electron chi connectivity index (χ4n) is 1.99. The molecule has 1 aliphatic rings. The smallest absolute Gasteiger partial charge is 0.227 e. The summed E-state index contributed by atoms with van der Waals surface area (Å²) in [5.41, 5.74) is 8.63. The van der Waals surface area contributed by atoms with Crippen LogP contribution in [0, 0.1) is 18.8 Å². The van der Waals surface area contributed by atoms with Gasteiger partial charge in [-0.1, -0.05) is 19.1 Å². The average Bonchev–Trinajstić information content (AvgIpc) is 3.15. The second-order valence-electron chi connectivity index (χ2n) is 4.97. The van der Waals surface area contributed by atoms with Crippen LogP contribution in [0.3, 0.4) is 0 Å². The highest BCUT2D eigenvalue weighted by atomic mass is 16.1. The first-order valence-electron chi connectivity index (χ1n) is 6.22. The Kier molecular flexibility index (Phi) is 3.48. The molecule has 92 valence electrons. The minimum Gasteiger partial charge on any atom is -0.326 e. The van der Waals surface area contributed by atoms with Crippen molar-refractivity contribution in [2.24, 2.45) is 17.6 Å². The molecule has 1 atom stereocenters. The SMILES string of the molecule is Cc1ccc(CN)cc1NC(=O)C(C)C1CC1. The highest BCUT2D eigenvalue weighted by Gasteiger charge is 2.32. The van der Waals surface area contributed by atoms with E-state index in [1.54, 1.807) is 0 Å². The van der Waals surface area contributed by atoms with Crippen LogP contribution in [0.4, 0.5) is 5.69 Å². The maximum absolute atomic E-state index is 12.0. The van der Waals surface area contributed by atoms with Crippen molar-refractivity contribution in [1.29, 1.82) is 0 Å². The second kappa shape index (κ2) is 4.88. The zero-order valence-electron chi connectivity index (χ0n) is 10.5. The predicted octanol–water partition coefficient (Wildman–Crippen LogP) is 2.44. The molecule has 0 spiro atoms. The van der Waals surface area contributed by atoms with Crippen LogP contribution in [0.2, 0.25) is 0 Å². The van der Waals surface area contributed by atoms with Gasteiger partial charge in [0.1, 0.15) is 0 Å². The lowest BCUT2D eigenvalue weighted by Crippen LogP contribution is -2.22. The summed E-state index contributed by atoms with van der Waals surface area (Å²) in [7, 11) is 0. The van der Waals surface area contributed by atoms with Crippen LogP contribution in [0.15, 0.2) is 18.2 Å². The predicted molar refractivity (Wildman–Crippen MR) is 69.6 cm³/mol. The highest BCUT2D eigenvalue weighted by Crippen LogP contribution is 2.37. The van der Waals surface area contributed by atoms with Crippen molar-refractivity contribution in [3.8, 4) is 0 Å². The molecule has 0 radical (unpaired) electrons. The largest absolute Gasteiger partial charge is 0.326 e. The molecule has 0 aromatic heterocycles. The lowest BCUT2D eigenvalue weighted by molar-refractivity contribution is -0.119. The zero-order valence-corrected chi connectivity index (χ0v) is 10.5. The average molecular weight is 232 g/mol. The van der Waals surface area contributed by atoms with Gasteiger partial charge in [-0.05, 0) is 42.9 Å². The third-order valence-corrected chi connectivity index (χ3v) is 3.54. The van der Waals surface area contributed by atoms with Gasteiger partial charge in [0.05, 0.1) is 0 Å². The first-order chi connectivity index (χ1) is 8.11. The lowest BCUT2D eigenvalue weighted by Gasteiger charge is -2.13. The minimum atomic E-state index is 0.121. The van der Waals surface area contributed by atoms with E-state index in [2.05, 4.69) is 5.32 Å². The number of carbonyl (C=O) groups is 1. The molecule has 1 aromatic rings. The second-order valence-corrected chi connectivity index (χ2v) is 4.97. The Bertz CT molecular complexity index is 424. The van der Waals surface area contributed by atoms with Gasteiger partial charge < -0.3 is 11.1 Å². The Morgan fingerprint density at radius 1 is 1.53 bits per heavy atom. The van der Waals surface area contributed by atoms with Gasteiger partial charge in [0.15, 0.2) is 0 Å². The molecule has 0 heterocycles. The number of nitrogens with one attached hydrogen (secondary N) is 1. The number of nitrogens with two attached hydrogens (primary N) is 1. The van der Waals surface area contributed by atoms with Crippen molar-refractivity contribution in [1.82, 2.24) is 0 Å². The molecule has 17 heavy (non-hydrogen) atoms. The molecule has 3 heteroatoms. The van der Waals surface area contributed by atoms with Crippen LogP contribution in [0.1, 0.15) is 30.9 Å². The van der Waals surface area contributed by atoms with E-state index in [0.29, 0.717) is 12.5 Å². The number of hydrogen-bond donors (Lipinski definition) is 2. The van der Waals surface area contributed by atoms with Crippen LogP contribution in [-0.4, -0.2) is 5.91 Å². The van der Waals surface area contributed by atoms with Gasteiger partial charge in [0.2, 0.25) is 5.91 Å². The highest BCUT2D eigenvalue weighted by molar-refractivity contribution is 5.93. The minimum absolute atomic E-state index is 0.121. The van der Waals surface area contributed by atoms with Gasteiger partial charge in [0, 0.05) is 18.2 Å². The summed E-state index contributed by atoms with van der Waals surface area (Å²) in [5, 5.41) is 3.01. The molecule has 1 amide bonds. The molecular formula is C14H20N2O. The van der Waals surface area contributed by atoms with Gasteiger partial charge >= 0.3 is 0 Å². The van der Waals surface area contributed by atoms with Crippen LogP contribution in [-0.2, 0) is 11.3 Å². The van der Waals surface area contributed by atoms with E-state index in [1.165, 1.54) is 12.8 Å². The summed E-state index contributed by atoms with van der Waals surface area (Å²) in [4.78, 5) is 12.0. The van der Waals surface area contributed by atoms with Crippen molar-refractivity contribution in [2.75, 3.05) is 5.32 Å². The van der Waals surface area contributed by atoms with Gasteiger partial charge in [-0.15, -0.1) is 0 Å². The van der Waals surface area contributed by atoms with Crippen LogP contribution in [0.25, 0.3) is 0 Å². The molecule has 1 fully saturated rings. The molecule has 1 saturated carbocycles. The number of anilines is 1. The first-order valence-corrected chi connectivity index (χ1v) is 6.22. The Hall–Kier alpha value is -1.35. The first kappa shape index (κ1) is 12.1. The molecule has 3 N–H and O–H groups in total. The number of amides is 1. The molecule has 0 aliphatic heterocycles. The third-order valence-electron chi connectivity index (χ3n) is 3.54. The van der Waals surface area contributed by atoms with Gasteiger partial charge in [0.25, 0.3) is 0 Å². The number of hydrogen-bond acceptors (Lipinski definition) is 2. The van der Waals surface area contributed by atoms with Crippen molar-refractivity contribution in [3.05, 3.63) is 29.3 Å². The van der Waals surface area contributed by atoms with Crippen molar-refractivity contribution in [2.45, 2.75) is 33.2 Å². The van der Waals surface area contributed by atoms with Crippen molar-refractivity contribution in [3.63, 3.8) is 0 Å². The van der Waals surface area contributed by atoms with Gasteiger partial charge in [-0.25, -0.2) is 0 Å². The maximum Gasteiger partial charge on any atom is 0.227 e. The molecule has 2 rings (SSSR count). The van der Waals surface area contributed by atoms with E-state index in [1.807, 2.05) is 32.0 Å². The van der Waals surface area contributed by atoms with E-state index < -0.39 is 0 Å². The molecule has 3 nitrogen and oxygen atoms in total. The topological polar surface area (TPSA) is 55.1 Å². The Balaban J connectivity index is 2.08. The van der Waals surface area contributed by atoms with E-state index >= 15 is 0 Å². The standard InChI is InChI=1S/C14H20N2O/c1-9-3-4-11(8-15)7-13(9)16-14(17)10(2)12-5-6-12/h3-4,7,10,12H,5-6,8,15H2,1-2H3,(H,16,17). The van der Waals surface area contributed by atoms with Gasteiger partial charge in [-0.3, -0.25) is 4.79 Å². The van der Waals surface area contributed by atoms with Crippen molar-refractivity contribution < 1.29 is 4.79 Å². The Morgan fingerprint density at radius 3 is 2.82 bits per heavy atom. The van der Waals surface area contributed by atoms with Crippen LogP contribution < -0.4 is 11.1 Å². The fourth-order valence-corrected chi connectivity index (χ4v) is 1.99. The number of aryl methyl sites for hydroxylation is 1. The summed E-state index contributed by atoms with van der Waals surface area (Å²) in [6, 6.07) is 5.96. The molecular weight excluding hydrogens is 212 g/mol. The monoisotopic (exact) mass is 232 g/mol. The summed E-state index contributed by atoms with van der Waals surface area (Å²) < 4.78 is 0. The van der Waals surface area contributed by atoms with E-state index in [9.17, 15) is 4.79 Å². The van der Waals surface area contributed by atoms with E-state index in [-0.39, 0.29) is 11.8 Å². The molecule has 1 aliphatic carbocycles. The zero-order chi connectivity index (χ0) is 12.4. The molecule has 0 saturated heterocycles. The normalized spacial score (nSPS) is 16.6. The molecule has 1 aromatic carbocycles.